The van der Waals surface area contributed by atoms with Crippen molar-refractivity contribution in [3.8, 4) is 17.3 Å². The van der Waals surface area contributed by atoms with Crippen molar-refractivity contribution in [1.82, 2.24) is 20.3 Å². The average Bonchev–Trinajstić information content (AvgIpc) is 3.50. The number of amides is 1. The van der Waals surface area contributed by atoms with Gasteiger partial charge in [0.1, 0.15) is 30.0 Å². The normalized spacial score (nSPS) is 27.1. The van der Waals surface area contributed by atoms with Crippen molar-refractivity contribution in [3.05, 3.63) is 64.0 Å². The number of benzene rings is 2. The highest BCUT2D eigenvalue weighted by Crippen LogP contribution is 2.36. The van der Waals surface area contributed by atoms with E-state index < -0.39 is 72.6 Å². The van der Waals surface area contributed by atoms with Gasteiger partial charge in [0.15, 0.2) is 23.6 Å². The molecule has 1 amide bonds. The van der Waals surface area contributed by atoms with Crippen molar-refractivity contribution < 1.29 is 42.8 Å². The zero-order chi connectivity index (χ0) is 31.7. The number of carbonyl (C=O) groups excluding carboxylic acids is 1. The highest BCUT2D eigenvalue weighted by Gasteiger charge is 2.52. The molecule has 0 saturated carbocycles. The van der Waals surface area contributed by atoms with Crippen LogP contribution in [0.1, 0.15) is 18.0 Å². The summed E-state index contributed by atoms with van der Waals surface area (Å²) in [4.78, 5) is 15.8. The largest absolute Gasteiger partial charge is 0.394 e. The van der Waals surface area contributed by atoms with Gasteiger partial charge in [-0.05, 0) is 43.3 Å². The van der Waals surface area contributed by atoms with Crippen LogP contribution in [0.25, 0.3) is 11.3 Å². The Balaban J connectivity index is 1.56. The first-order valence-electron chi connectivity index (χ1n) is 13.5. The van der Waals surface area contributed by atoms with E-state index in [-0.39, 0.29) is 29.1 Å². The van der Waals surface area contributed by atoms with Crippen molar-refractivity contribution in [2.75, 3.05) is 31.7 Å². The third-order valence-electron chi connectivity index (χ3n) is 7.75. The third kappa shape index (κ3) is 6.09. The molecule has 44 heavy (non-hydrogen) atoms. The Morgan fingerprint density at radius 2 is 1.98 bits per heavy atom. The van der Waals surface area contributed by atoms with E-state index >= 15 is 0 Å². The Morgan fingerprint density at radius 3 is 2.61 bits per heavy atom. The number of β-amino-alcohol motifs (C(OH)–C–C–N with tert-alkyl or cyclic N) is 1. The maximum Gasteiger partial charge on any atom is 0.259 e. The minimum atomic E-state index is -1.65. The number of aliphatic hydroxyl groups is 3. The molecule has 2 aliphatic heterocycles. The summed E-state index contributed by atoms with van der Waals surface area (Å²) in [7, 11) is 1.27. The first kappa shape index (κ1) is 32.0. The molecule has 16 heteroatoms. The van der Waals surface area contributed by atoms with Crippen LogP contribution in [0.4, 0.5) is 18.9 Å². The average molecular weight is 681 g/mol. The third-order valence-corrected chi connectivity index (χ3v) is 8.21. The Hall–Kier alpha value is -3.43. The number of rotatable bonds is 7. The second-order valence-electron chi connectivity index (χ2n) is 10.4. The molecule has 5 unspecified atom stereocenters. The number of aliphatic hydroxyl groups excluding tert-OH is 3. The molecule has 3 heterocycles. The van der Waals surface area contributed by atoms with E-state index in [0.717, 1.165) is 16.8 Å². The molecule has 0 aliphatic carbocycles. The van der Waals surface area contributed by atoms with Gasteiger partial charge in [0, 0.05) is 29.4 Å². The molecule has 2 aliphatic rings. The van der Waals surface area contributed by atoms with Crippen molar-refractivity contribution in [1.29, 1.82) is 5.26 Å². The molecule has 5 rings (SSSR count). The lowest BCUT2D eigenvalue weighted by Crippen LogP contribution is -2.64. The maximum absolute atomic E-state index is 14.5. The number of ether oxygens (including phenoxy) is 2. The number of nitriles is 1. The molecule has 0 spiro atoms. The molecule has 12 nitrogen and oxygen atoms in total. The maximum atomic E-state index is 14.5. The summed E-state index contributed by atoms with van der Waals surface area (Å²) in [5, 5.41) is 52.7. The van der Waals surface area contributed by atoms with Crippen LogP contribution in [0.2, 0.25) is 0 Å². The van der Waals surface area contributed by atoms with Crippen LogP contribution in [0, 0.1) is 28.8 Å². The Morgan fingerprint density at radius 1 is 1.25 bits per heavy atom. The summed E-state index contributed by atoms with van der Waals surface area (Å²) >= 11 is 3.36. The van der Waals surface area contributed by atoms with E-state index in [1.54, 1.807) is 12.1 Å². The number of anilines is 1. The summed E-state index contributed by atoms with van der Waals surface area (Å²) in [5.74, 6) is -5.21. The number of hydrogen-bond donors (Lipinski definition) is 4. The van der Waals surface area contributed by atoms with Gasteiger partial charge in [0.2, 0.25) is 0 Å². The lowest BCUT2D eigenvalue weighted by Gasteiger charge is -2.46. The van der Waals surface area contributed by atoms with E-state index in [4.69, 9.17) is 9.47 Å². The first-order chi connectivity index (χ1) is 21.1. The van der Waals surface area contributed by atoms with Gasteiger partial charge in [-0.1, -0.05) is 21.1 Å². The first-order valence-corrected chi connectivity index (χ1v) is 14.3. The van der Waals surface area contributed by atoms with Crippen LogP contribution < -0.4 is 10.2 Å². The molecule has 0 radical (unpaired) electrons. The zero-order valence-corrected chi connectivity index (χ0v) is 24.7. The highest BCUT2D eigenvalue weighted by atomic mass is 79.9. The molecule has 1 aromatic heterocycles. The summed E-state index contributed by atoms with van der Waals surface area (Å²) in [6.07, 6.45) is -4.98. The fraction of sp³-hybridized carbons (Fsp3) is 0.429. The van der Waals surface area contributed by atoms with Crippen molar-refractivity contribution >= 4 is 27.5 Å². The van der Waals surface area contributed by atoms with E-state index in [2.05, 4.69) is 31.6 Å². The fourth-order valence-electron chi connectivity index (χ4n) is 5.64. The summed E-state index contributed by atoms with van der Waals surface area (Å²) in [6.45, 7) is -0.0320. The minimum Gasteiger partial charge on any atom is -0.394 e. The van der Waals surface area contributed by atoms with Crippen LogP contribution in [0.3, 0.4) is 0 Å². The molecule has 7 atom stereocenters. The van der Waals surface area contributed by atoms with Crippen LogP contribution in [0.15, 0.2) is 41.0 Å². The van der Waals surface area contributed by atoms with Gasteiger partial charge in [0.05, 0.1) is 36.6 Å². The SMILES string of the molecule is COC1C(C(=O)N(c2cc(Br)cc(C#N)c2)[C@H]2CCNC[C@@H]2O)OC(CO)C(O)C1n1cc(-c2cc(F)c(F)c(F)c2)nn1. The van der Waals surface area contributed by atoms with Gasteiger partial charge in [-0.2, -0.15) is 5.26 Å². The standard InChI is InChI=1S/C28H28BrF3N6O6/c1-43-26-24(37-11-19(35-36-37)14-6-17(30)23(32)18(31)7-14)25(41)22(12-39)44-27(26)28(42)38(20-2-3-34-10-21(20)40)16-5-13(9-33)4-15(29)8-16/h4-8,11,20-22,24-27,34,39-41H,2-3,10,12H2,1H3/t20-,21-,22?,24?,25?,26?,27?/m0/s1. The lowest BCUT2D eigenvalue weighted by atomic mass is 9.90. The molecule has 4 N–H and O–H groups in total. The van der Waals surface area contributed by atoms with Crippen LogP contribution in [-0.4, -0.2) is 99.6 Å². The summed E-state index contributed by atoms with van der Waals surface area (Å²) in [5.41, 5.74) is 0.326. The van der Waals surface area contributed by atoms with Crippen LogP contribution in [0.5, 0.6) is 0 Å². The summed E-state index contributed by atoms with van der Waals surface area (Å²) < 4.78 is 54.6. The van der Waals surface area contributed by atoms with E-state index in [1.807, 2.05) is 6.07 Å². The molecule has 2 saturated heterocycles. The molecule has 2 fully saturated rings. The highest BCUT2D eigenvalue weighted by molar-refractivity contribution is 9.10. The van der Waals surface area contributed by atoms with Gasteiger partial charge < -0.3 is 35.0 Å². The second-order valence-corrected chi connectivity index (χ2v) is 11.4. The zero-order valence-electron chi connectivity index (χ0n) is 23.1. The molecule has 3 aromatic rings. The predicted octanol–water partition coefficient (Wildman–Crippen LogP) is 1.43. The quantitative estimate of drug-likeness (QED) is 0.268. The number of nitrogens with one attached hydrogen (secondary N) is 1. The van der Waals surface area contributed by atoms with Gasteiger partial charge in [0.25, 0.3) is 5.91 Å². The Bertz CT molecular complexity index is 1550. The van der Waals surface area contributed by atoms with Crippen LogP contribution in [-0.2, 0) is 14.3 Å². The topological polar surface area (TPSA) is 166 Å². The molecule has 2 aromatic carbocycles. The molecule has 234 valence electrons. The van der Waals surface area contributed by atoms with E-state index in [1.165, 1.54) is 24.3 Å². The smallest absolute Gasteiger partial charge is 0.259 e. The Kier molecular flexibility index (Phi) is 9.65. The molecular weight excluding hydrogens is 653 g/mol. The van der Waals surface area contributed by atoms with Gasteiger partial charge in [-0.25, -0.2) is 17.9 Å². The number of hydrogen-bond acceptors (Lipinski definition) is 10. The van der Waals surface area contributed by atoms with Gasteiger partial charge >= 0.3 is 0 Å². The molecule has 0 bridgehead atoms. The number of carbonyl (C=O) groups is 1. The number of nitrogens with zero attached hydrogens (tertiary/aromatic N) is 5. The number of halogens is 4. The van der Waals surface area contributed by atoms with Gasteiger partial charge in [-0.3, -0.25) is 4.79 Å². The van der Waals surface area contributed by atoms with E-state index in [0.29, 0.717) is 17.4 Å². The van der Waals surface area contributed by atoms with Crippen LogP contribution >= 0.6 is 15.9 Å². The predicted molar refractivity (Wildman–Crippen MR) is 151 cm³/mol. The monoisotopic (exact) mass is 680 g/mol. The molecular formula is C28H28BrF3N6O6. The minimum absolute atomic E-state index is 0.0719. The lowest BCUT2D eigenvalue weighted by molar-refractivity contribution is -0.211. The van der Waals surface area contributed by atoms with Crippen molar-refractivity contribution in [3.63, 3.8) is 0 Å². The fourth-order valence-corrected chi connectivity index (χ4v) is 6.13. The number of aromatic nitrogens is 3. The van der Waals surface area contributed by atoms with E-state index in [9.17, 15) is 38.5 Å². The van der Waals surface area contributed by atoms with Crippen molar-refractivity contribution in [2.24, 2.45) is 0 Å². The number of piperidine rings is 1. The second kappa shape index (κ2) is 13.3. The Labute approximate surface area is 257 Å². The van der Waals surface area contributed by atoms with Crippen molar-refractivity contribution in [2.45, 2.75) is 49.0 Å². The summed E-state index contributed by atoms with van der Waals surface area (Å²) in [6, 6.07) is 6.22. The number of methoxy groups -OCH3 is 1. The van der Waals surface area contributed by atoms with Gasteiger partial charge in [-0.15, -0.1) is 5.10 Å².